The molecule has 3 N–H and O–H groups in total. The fraction of sp³-hybridized carbons (Fsp3) is 0.368. The van der Waals surface area contributed by atoms with Crippen LogP contribution in [0.25, 0.3) is 0 Å². The summed E-state index contributed by atoms with van der Waals surface area (Å²) in [6, 6.07) is 13.0. The summed E-state index contributed by atoms with van der Waals surface area (Å²) >= 11 is 5.83. The number of halogens is 1. The average molecular weight is 348 g/mol. The molecular formula is C19H22ClNO3. The summed E-state index contributed by atoms with van der Waals surface area (Å²) < 4.78 is 5.55. The maximum atomic E-state index is 10.1. The van der Waals surface area contributed by atoms with Crippen molar-refractivity contribution in [3.8, 4) is 11.5 Å². The van der Waals surface area contributed by atoms with Gasteiger partial charge < -0.3 is 20.3 Å². The third-order valence-corrected chi connectivity index (χ3v) is 4.57. The molecule has 24 heavy (non-hydrogen) atoms. The van der Waals surface area contributed by atoms with Crippen molar-refractivity contribution in [2.24, 2.45) is 0 Å². The number of phenols is 1. The van der Waals surface area contributed by atoms with Gasteiger partial charge in [0.15, 0.2) is 0 Å². The number of phenolic OH excluding ortho intramolecular Hbond substituents is 1. The van der Waals surface area contributed by atoms with E-state index in [1.165, 1.54) is 11.1 Å². The van der Waals surface area contributed by atoms with Crippen LogP contribution in [0.3, 0.4) is 0 Å². The van der Waals surface area contributed by atoms with Crippen LogP contribution in [0.4, 0.5) is 0 Å². The lowest BCUT2D eigenvalue weighted by atomic mass is 9.88. The molecule has 0 saturated carbocycles. The van der Waals surface area contributed by atoms with Crippen molar-refractivity contribution in [3.05, 3.63) is 58.6 Å². The van der Waals surface area contributed by atoms with Crippen LogP contribution in [-0.2, 0) is 12.8 Å². The number of aliphatic hydroxyl groups excluding tert-OH is 1. The topological polar surface area (TPSA) is 61.7 Å². The molecule has 0 bridgehead atoms. The molecule has 1 aliphatic rings. The lowest BCUT2D eigenvalue weighted by Crippen LogP contribution is -2.40. The van der Waals surface area contributed by atoms with Gasteiger partial charge in [0, 0.05) is 17.6 Å². The van der Waals surface area contributed by atoms with Crippen LogP contribution in [0.1, 0.15) is 17.5 Å². The smallest absolute Gasteiger partial charge is 0.119 e. The second kappa shape index (κ2) is 7.88. The van der Waals surface area contributed by atoms with E-state index in [9.17, 15) is 10.2 Å². The summed E-state index contributed by atoms with van der Waals surface area (Å²) in [6.07, 6.45) is 2.31. The lowest BCUT2D eigenvalue weighted by molar-refractivity contribution is 0.103. The number of aryl methyl sites for hydroxylation is 1. The lowest BCUT2D eigenvalue weighted by Gasteiger charge is -2.26. The number of aromatic hydroxyl groups is 1. The van der Waals surface area contributed by atoms with Gasteiger partial charge in [0.25, 0.3) is 0 Å². The van der Waals surface area contributed by atoms with Gasteiger partial charge >= 0.3 is 0 Å². The zero-order chi connectivity index (χ0) is 16.9. The molecule has 2 atom stereocenters. The van der Waals surface area contributed by atoms with E-state index in [0.29, 0.717) is 29.1 Å². The molecule has 0 aromatic heterocycles. The van der Waals surface area contributed by atoms with Crippen LogP contribution in [0.15, 0.2) is 42.5 Å². The van der Waals surface area contributed by atoms with Crippen LogP contribution in [0, 0.1) is 0 Å². The molecule has 5 heteroatoms. The highest BCUT2D eigenvalue weighted by Crippen LogP contribution is 2.25. The Kier molecular flexibility index (Phi) is 5.61. The van der Waals surface area contributed by atoms with Crippen LogP contribution in [-0.4, -0.2) is 35.5 Å². The molecule has 0 spiro atoms. The number of rotatable bonds is 6. The van der Waals surface area contributed by atoms with Gasteiger partial charge in [-0.1, -0.05) is 17.7 Å². The Morgan fingerprint density at radius 1 is 1.17 bits per heavy atom. The van der Waals surface area contributed by atoms with Crippen molar-refractivity contribution in [3.63, 3.8) is 0 Å². The quantitative estimate of drug-likeness (QED) is 0.752. The fourth-order valence-electron chi connectivity index (χ4n) is 3.00. The van der Waals surface area contributed by atoms with Gasteiger partial charge in [0.05, 0.1) is 0 Å². The monoisotopic (exact) mass is 347 g/mol. The molecular weight excluding hydrogens is 326 g/mol. The molecule has 0 radical (unpaired) electrons. The van der Waals surface area contributed by atoms with E-state index in [1.807, 2.05) is 12.1 Å². The van der Waals surface area contributed by atoms with Crippen molar-refractivity contribution >= 4 is 11.6 Å². The minimum atomic E-state index is -0.578. The van der Waals surface area contributed by atoms with E-state index in [2.05, 4.69) is 5.32 Å². The van der Waals surface area contributed by atoms with Crippen LogP contribution in [0.2, 0.25) is 5.02 Å². The van der Waals surface area contributed by atoms with E-state index in [0.717, 1.165) is 19.3 Å². The van der Waals surface area contributed by atoms with Crippen LogP contribution >= 0.6 is 11.6 Å². The maximum Gasteiger partial charge on any atom is 0.119 e. The average Bonchev–Trinajstić information content (AvgIpc) is 2.59. The number of benzene rings is 2. The molecule has 1 aliphatic carbocycles. The highest BCUT2D eigenvalue weighted by Gasteiger charge is 2.19. The molecule has 3 rings (SSSR count). The predicted molar refractivity (Wildman–Crippen MR) is 94.9 cm³/mol. The molecule has 128 valence electrons. The van der Waals surface area contributed by atoms with Crippen LogP contribution < -0.4 is 10.1 Å². The minimum Gasteiger partial charge on any atom is -0.508 e. The molecule has 2 unspecified atom stereocenters. The van der Waals surface area contributed by atoms with Crippen molar-refractivity contribution in [1.82, 2.24) is 5.32 Å². The first-order chi connectivity index (χ1) is 11.6. The predicted octanol–water partition coefficient (Wildman–Crippen LogP) is 2.93. The van der Waals surface area contributed by atoms with E-state index in [-0.39, 0.29) is 6.61 Å². The number of ether oxygens (including phenoxy) is 1. The third kappa shape index (κ3) is 4.63. The first kappa shape index (κ1) is 17.1. The standard InChI is InChI=1S/C19H22ClNO3/c20-15-3-7-19(8-4-15)24-12-18(23)11-21-16-5-1-13-2-6-17(22)10-14(13)9-16/h2-4,6-8,10,16,18,21-23H,1,5,9,11-12H2. The maximum absolute atomic E-state index is 10.1. The molecule has 2 aromatic carbocycles. The fourth-order valence-corrected chi connectivity index (χ4v) is 3.13. The second-order valence-corrected chi connectivity index (χ2v) is 6.66. The van der Waals surface area contributed by atoms with E-state index in [1.54, 1.807) is 30.3 Å². The molecule has 0 fully saturated rings. The Balaban J connectivity index is 1.43. The van der Waals surface area contributed by atoms with E-state index in [4.69, 9.17) is 16.3 Å². The zero-order valence-corrected chi connectivity index (χ0v) is 14.2. The SMILES string of the molecule is Oc1ccc2c(c1)CC(NCC(O)COc1ccc(Cl)cc1)CC2. The normalized spacial score (nSPS) is 18.0. The van der Waals surface area contributed by atoms with Gasteiger partial charge in [0.2, 0.25) is 0 Å². The van der Waals surface area contributed by atoms with Gasteiger partial charge in [0.1, 0.15) is 24.2 Å². The van der Waals surface area contributed by atoms with E-state index < -0.39 is 6.10 Å². The van der Waals surface area contributed by atoms with Gasteiger partial charge in [-0.05, 0) is 66.8 Å². The molecule has 0 amide bonds. The molecule has 0 saturated heterocycles. The number of nitrogens with one attached hydrogen (secondary N) is 1. The zero-order valence-electron chi connectivity index (χ0n) is 13.4. The van der Waals surface area contributed by atoms with Crippen molar-refractivity contribution in [2.45, 2.75) is 31.4 Å². The minimum absolute atomic E-state index is 0.235. The highest BCUT2D eigenvalue weighted by atomic mass is 35.5. The number of hydrogen-bond donors (Lipinski definition) is 3. The number of hydrogen-bond acceptors (Lipinski definition) is 4. The Hall–Kier alpha value is -1.75. The summed E-state index contributed by atoms with van der Waals surface area (Å²) in [7, 11) is 0. The number of aliphatic hydroxyl groups is 1. The summed E-state index contributed by atoms with van der Waals surface area (Å²) in [5.41, 5.74) is 2.49. The first-order valence-corrected chi connectivity index (χ1v) is 8.58. The summed E-state index contributed by atoms with van der Waals surface area (Å²) in [4.78, 5) is 0. The van der Waals surface area contributed by atoms with Gasteiger partial charge in [-0.25, -0.2) is 0 Å². The Labute approximate surface area is 147 Å². The van der Waals surface area contributed by atoms with Crippen molar-refractivity contribution in [2.75, 3.05) is 13.2 Å². The summed E-state index contributed by atoms with van der Waals surface area (Å²) in [6.45, 7) is 0.713. The highest BCUT2D eigenvalue weighted by molar-refractivity contribution is 6.30. The Morgan fingerprint density at radius 2 is 1.96 bits per heavy atom. The molecule has 4 nitrogen and oxygen atoms in total. The molecule has 0 aliphatic heterocycles. The largest absolute Gasteiger partial charge is 0.508 e. The first-order valence-electron chi connectivity index (χ1n) is 8.21. The van der Waals surface area contributed by atoms with Crippen LogP contribution in [0.5, 0.6) is 11.5 Å². The summed E-state index contributed by atoms with van der Waals surface area (Å²) in [5, 5.41) is 23.7. The Bertz CT molecular complexity index is 675. The Morgan fingerprint density at radius 3 is 2.75 bits per heavy atom. The van der Waals surface area contributed by atoms with E-state index >= 15 is 0 Å². The number of fused-ring (bicyclic) bond motifs is 1. The molecule has 0 heterocycles. The third-order valence-electron chi connectivity index (χ3n) is 4.32. The van der Waals surface area contributed by atoms with Gasteiger partial charge in [-0.3, -0.25) is 0 Å². The van der Waals surface area contributed by atoms with Crippen molar-refractivity contribution < 1.29 is 14.9 Å². The molecule has 2 aromatic rings. The van der Waals surface area contributed by atoms with Crippen molar-refractivity contribution in [1.29, 1.82) is 0 Å². The summed E-state index contributed by atoms with van der Waals surface area (Å²) in [5.74, 6) is 1.01. The van der Waals surface area contributed by atoms with Gasteiger partial charge in [-0.2, -0.15) is 0 Å². The van der Waals surface area contributed by atoms with Gasteiger partial charge in [-0.15, -0.1) is 0 Å². The second-order valence-electron chi connectivity index (χ2n) is 6.22.